The number of carbonyl (C=O) groups excluding carboxylic acids is 1. The van der Waals surface area contributed by atoms with Crippen LogP contribution >= 0.6 is 0 Å². The number of ether oxygens (including phenoxy) is 2. The quantitative estimate of drug-likeness (QED) is 0.655. The van der Waals surface area contributed by atoms with Gasteiger partial charge in [0.05, 0.1) is 18.6 Å². The second kappa shape index (κ2) is 6.57. The third-order valence-electron chi connectivity index (χ3n) is 3.47. The molecule has 4 nitrogen and oxygen atoms in total. The highest BCUT2D eigenvalue weighted by atomic mass is 16.5. The molecule has 2 unspecified atom stereocenters. The number of hydrogen-bond donors (Lipinski definition) is 1. The molecule has 0 radical (unpaired) electrons. The molecule has 104 valence electrons. The smallest absolute Gasteiger partial charge is 0.313 e. The van der Waals surface area contributed by atoms with Crippen LogP contribution in [0.4, 0.5) is 5.69 Å². The van der Waals surface area contributed by atoms with Gasteiger partial charge in [0.15, 0.2) is 0 Å². The lowest BCUT2D eigenvalue weighted by molar-refractivity contribution is -0.145. The molecule has 1 heterocycles. The van der Waals surface area contributed by atoms with Crippen molar-refractivity contribution in [2.24, 2.45) is 0 Å². The second-order valence-corrected chi connectivity index (χ2v) is 4.98. The minimum absolute atomic E-state index is 0.205. The lowest BCUT2D eigenvalue weighted by atomic mass is 10.0. The number of anilines is 1. The highest BCUT2D eigenvalue weighted by Crippen LogP contribution is 2.20. The first-order chi connectivity index (χ1) is 9.16. The summed E-state index contributed by atoms with van der Waals surface area (Å²) in [6, 6.07) is 7.36. The molecule has 1 saturated heterocycles. The van der Waals surface area contributed by atoms with E-state index in [0.717, 1.165) is 31.4 Å². The first kappa shape index (κ1) is 13.9. The molecular formula is C15H21NO3. The zero-order valence-corrected chi connectivity index (χ0v) is 11.3. The van der Waals surface area contributed by atoms with E-state index in [1.54, 1.807) is 6.07 Å². The molecule has 0 saturated carbocycles. The fourth-order valence-electron chi connectivity index (χ4n) is 2.25. The van der Waals surface area contributed by atoms with E-state index in [1.807, 2.05) is 25.1 Å². The van der Waals surface area contributed by atoms with Gasteiger partial charge in [-0.05, 0) is 37.5 Å². The number of rotatable bonds is 5. The molecule has 1 fully saturated rings. The predicted molar refractivity (Wildman–Crippen MR) is 73.8 cm³/mol. The fourth-order valence-corrected chi connectivity index (χ4v) is 2.25. The second-order valence-electron chi connectivity index (χ2n) is 4.98. The highest BCUT2D eigenvalue weighted by molar-refractivity contribution is 5.78. The summed E-state index contributed by atoms with van der Waals surface area (Å²) in [6.07, 6.45) is 3.23. The van der Waals surface area contributed by atoms with E-state index < -0.39 is 0 Å². The first-order valence-corrected chi connectivity index (χ1v) is 6.80. The van der Waals surface area contributed by atoms with Crippen LogP contribution in [0.2, 0.25) is 0 Å². The first-order valence-electron chi connectivity index (χ1n) is 6.80. The Hall–Kier alpha value is -1.55. The summed E-state index contributed by atoms with van der Waals surface area (Å²) in [6.45, 7) is 3.09. The predicted octanol–water partition coefficient (Wildman–Crippen LogP) is 2.48. The average molecular weight is 263 g/mol. The molecule has 1 aromatic rings. The Bertz CT molecular complexity index is 427. The molecule has 2 atom stereocenters. The molecule has 0 aromatic heterocycles. The van der Waals surface area contributed by atoms with E-state index in [1.165, 1.54) is 0 Å². The van der Waals surface area contributed by atoms with Crippen molar-refractivity contribution < 1.29 is 14.3 Å². The topological polar surface area (TPSA) is 61.5 Å². The SMILES string of the molecule is CC(C(=O)OCCC1CCCO1)c1cccc(N)c1. The lowest BCUT2D eigenvalue weighted by Crippen LogP contribution is -2.17. The fraction of sp³-hybridized carbons (Fsp3) is 0.533. The Morgan fingerprint density at radius 1 is 1.58 bits per heavy atom. The van der Waals surface area contributed by atoms with E-state index >= 15 is 0 Å². The third-order valence-corrected chi connectivity index (χ3v) is 3.47. The Morgan fingerprint density at radius 3 is 3.11 bits per heavy atom. The summed E-state index contributed by atoms with van der Waals surface area (Å²) in [5, 5.41) is 0. The minimum atomic E-state index is -0.284. The van der Waals surface area contributed by atoms with Gasteiger partial charge in [0.25, 0.3) is 0 Å². The summed E-state index contributed by atoms with van der Waals surface area (Å²) >= 11 is 0. The molecule has 0 amide bonds. The normalized spacial score (nSPS) is 20.2. The third kappa shape index (κ3) is 3.96. The molecule has 4 heteroatoms. The standard InChI is InChI=1S/C15H21NO3/c1-11(12-4-2-5-13(16)10-12)15(17)19-9-7-14-6-3-8-18-14/h2,4-5,10-11,14H,3,6-9,16H2,1H3. The van der Waals surface area contributed by atoms with Gasteiger partial charge in [-0.2, -0.15) is 0 Å². The van der Waals surface area contributed by atoms with E-state index in [-0.39, 0.29) is 18.0 Å². The molecule has 2 N–H and O–H groups in total. The zero-order valence-electron chi connectivity index (χ0n) is 11.3. The van der Waals surface area contributed by atoms with Gasteiger partial charge in [-0.1, -0.05) is 12.1 Å². The number of nitrogen functional groups attached to an aromatic ring is 1. The van der Waals surface area contributed by atoms with Gasteiger partial charge in [0.2, 0.25) is 0 Å². The van der Waals surface area contributed by atoms with Crippen molar-refractivity contribution in [2.45, 2.75) is 38.2 Å². The minimum Gasteiger partial charge on any atom is -0.465 e. The summed E-state index contributed by atoms with van der Waals surface area (Å²) in [5.74, 6) is -0.489. The number of esters is 1. The number of nitrogens with two attached hydrogens (primary N) is 1. The molecule has 0 spiro atoms. The summed E-state index contributed by atoms with van der Waals surface area (Å²) in [5.41, 5.74) is 7.27. The van der Waals surface area contributed by atoms with Gasteiger partial charge < -0.3 is 15.2 Å². The van der Waals surface area contributed by atoms with Crippen LogP contribution in [0, 0.1) is 0 Å². The number of benzene rings is 1. The van der Waals surface area contributed by atoms with Crippen LogP contribution in [0.1, 0.15) is 37.7 Å². The Kier molecular flexibility index (Phi) is 4.80. The van der Waals surface area contributed by atoms with Crippen LogP contribution in [-0.2, 0) is 14.3 Å². The van der Waals surface area contributed by atoms with E-state index in [2.05, 4.69) is 0 Å². The Morgan fingerprint density at radius 2 is 2.42 bits per heavy atom. The molecule has 1 aromatic carbocycles. The summed E-state index contributed by atoms with van der Waals surface area (Å²) in [4.78, 5) is 11.9. The molecular weight excluding hydrogens is 242 g/mol. The summed E-state index contributed by atoms with van der Waals surface area (Å²) in [7, 11) is 0. The van der Waals surface area contributed by atoms with E-state index in [4.69, 9.17) is 15.2 Å². The molecule has 2 rings (SSSR count). The number of hydrogen-bond acceptors (Lipinski definition) is 4. The van der Waals surface area contributed by atoms with Crippen LogP contribution in [0.5, 0.6) is 0 Å². The maximum Gasteiger partial charge on any atom is 0.313 e. The van der Waals surface area contributed by atoms with Crippen molar-refractivity contribution in [3.63, 3.8) is 0 Å². The van der Waals surface area contributed by atoms with Crippen molar-refractivity contribution in [2.75, 3.05) is 18.9 Å². The van der Waals surface area contributed by atoms with Crippen LogP contribution < -0.4 is 5.73 Å². The monoisotopic (exact) mass is 263 g/mol. The van der Waals surface area contributed by atoms with Crippen molar-refractivity contribution in [3.05, 3.63) is 29.8 Å². The van der Waals surface area contributed by atoms with Crippen LogP contribution in [0.25, 0.3) is 0 Å². The molecule has 1 aliphatic heterocycles. The van der Waals surface area contributed by atoms with E-state index in [9.17, 15) is 4.79 Å². The van der Waals surface area contributed by atoms with Gasteiger partial charge in [-0.15, -0.1) is 0 Å². The van der Waals surface area contributed by atoms with Crippen LogP contribution in [-0.4, -0.2) is 25.3 Å². The highest BCUT2D eigenvalue weighted by Gasteiger charge is 2.19. The molecule has 0 bridgehead atoms. The Labute approximate surface area is 113 Å². The Balaban J connectivity index is 1.78. The van der Waals surface area contributed by atoms with Gasteiger partial charge in [-0.3, -0.25) is 4.79 Å². The molecule has 1 aliphatic rings. The van der Waals surface area contributed by atoms with Crippen LogP contribution in [0.15, 0.2) is 24.3 Å². The van der Waals surface area contributed by atoms with Crippen molar-refractivity contribution >= 4 is 11.7 Å². The summed E-state index contributed by atoms with van der Waals surface area (Å²) < 4.78 is 10.8. The van der Waals surface area contributed by atoms with Gasteiger partial charge in [0.1, 0.15) is 0 Å². The zero-order chi connectivity index (χ0) is 13.7. The largest absolute Gasteiger partial charge is 0.465 e. The van der Waals surface area contributed by atoms with Gasteiger partial charge >= 0.3 is 5.97 Å². The van der Waals surface area contributed by atoms with Crippen molar-refractivity contribution in [3.8, 4) is 0 Å². The van der Waals surface area contributed by atoms with Gasteiger partial charge in [0, 0.05) is 18.7 Å². The lowest BCUT2D eigenvalue weighted by Gasteiger charge is -2.14. The van der Waals surface area contributed by atoms with Crippen molar-refractivity contribution in [1.29, 1.82) is 0 Å². The van der Waals surface area contributed by atoms with Gasteiger partial charge in [-0.25, -0.2) is 0 Å². The maximum absolute atomic E-state index is 11.9. The molecule has 19 heavy (non-hydrogen) atoms. The maximum atomic E-state index is 11.9. The number of carbonyl (C=O) groups is 1. The van der Waals surface area contributed by atoms with Crippen LogP contribution in [0.3, 0.4) is 0 Å². The average Bonchev–Trinajstić information content (AvgIpc) is 2.91. The molecule has 0 aliphatic carbocycles. The van der Waals surface area contributed by atoms with E-state index in [0.29, 0.717) is 12.3 Å². The van der Waals surface area contributed by atoms with Crippen molar-refractivity contribution in [1.82, 2.24) is 0 Å².